The number of fused-ring (bicyclic) bond motifs is 1. The van der Waals surface area contributed by atoms with Crippen molar-refractivity contribution in [3.8, 4) is 0 Å². The van der Waals surface area contributed by atoms with Gasteiger partial charge in [-0.15, -0.1) is 11.3 Å². The highest BCUT2D eigenvalue weighted by atomic mass is 79.9. The third kappa shape index (κ3) is 2.68. The summed E-state index contributed by atoms with van der Waals surface area (Å²) in [5.41, 5.74) is 0.136. The molecule has 0 radical (unpaired) electrons. The number of nitrogens with zero attached hydrogens (tertiary/aromatic N) is 2. The summed E-state index contributed by atoms with van der Waals surface area (Å²) in [6.07, 6.45) is 0. The molecular formula is C13H9BrF2N4S. The van der Waals surface area contributed by atoms with Gasteiger partial charge in [-0.3, -0.25) is 0 Å². The van der Waals surface area contributed by atoms with E-state index in [0.29, 0.717) is 11.8 Å². The Kier molecular flexibility index (Phi) is 3.73. The predicted molar refractivity (Wildman–Crippen MR) is 84.3 cm³/mol. The Bertz CT molecular complexity index is 821. The van der Waals surface area contributed by atoms with E-state index in [2.05, 4.69) is 36.5 Å². The Morgan fingerprint density at radius 2 is 2.00 bits per heavy atom. The van der Waals surface area contributed by atoms with Crippen LogP contribution >= 0.6 is 27.3 Å². The lowest BCUT2D eigenvalue weighted by Gasteiger charge is -2.10. The first-order valence-corrected chi connectivity index (χ1v) is 7.60. The summed E-state index contributed by atoms with van der Waals surface area (Å²) in [5, 5.41) is 8.39. The van der Waals surface area contributed by atoms with Crippen LogP contribution in [0.3, 0.4) is 0 Å². The van der Waals surface area contributed by atoms with Gasteiger partial charge in [-0.2, -0.15) is 4.98 Å². The maximum absolute atomic E-state index is 13.8. The van der Waals surface area contributed by atoms with Crippen molar-refractivity contribution < 1.29 is 8.78 Å². The minimum absolute atomic E-state index is 0.136. The highest BCUT2D eigenvalue weighted by Gasteiger charge is 2.13. The third-order valence-electron chi connectivity index (χ3n) is 2.81. The fraction of sp³-hybridized carbons (Fsp3) is 0.0769. The van der Waals surface area contributed by atoms with Gasteiger partial charge in [0.2, 0.25) is 5.95 Å². The lowest BCUT2D eigenvalue weighted by atomic mass is 10.3. The van der Waals surface area contributed by atoms with Crippen molar-refractivity contribution in [2.75, 3.05) is 17.7 Å². The molecule has 2 N–H and O–H groups in total. The molecule has 0 aliphatic heterocycles. The zero-order valence-corrected chi connectivity index (χ0v) is 13.1. The topological polar surface area (TPSA) is 49.8 Å². The van der Waals surface area contributed by atoms with E-state index in [0.717, 1.165) is 16.3 Å². The maximum atomic E-state index is 13.8. The smallest absolute Gasteiger partial charge is 0.225 e. The largest absolute Gasteiger partial charge is 0.357 e. The lowest BCUT2D eigenvalue weighted by Crippen LogP contribution is -2.02. The minimum Gasteiger partial charge on any atom is -0.357 e. The van der Waals surface area contributed by atoms with Crippen LogP contribution in [0.15, 0.2) is 28.1 Å². The zero-order valence-electron chi connectivity index (χ0n) is 10.7. The van der Waals surface area contributed by atoms with Gasteiger partial charge in [-0.1, -0.05) is 0 Å². The molecule has 3 rings (SSSR count). The summed E-state index contributed by atoms with van der Waals surface area (Å²) < 4.78 is 27.3. The van der Waals surface area contributed by atoms with Crippen LogP contribution in [0.5, 0.6) is 0 Å². The van der Waals surface area contributed by atoms with Crippen LogP contribution in [0.25, 0.3) is 10.2 Å². The van der Waals surface area contributed by atoms with E-state index in [1.165, 1.54) is 17.4 Å². The second-order valence-electron chi connectivity index (χ2n) is 4.16. The molecule has 4 nitrogen and oxygen atoms in total. The number of rotatable bonds is 3. The first kappa shape index (κ1) is 14.2. The molecule has 0 bridgehead atoms. The molecule has 2 heterocycles. The van der Waals surface area contributed by atoms with Gasteiger partial charge in [-0.25, -0.2) is 13.8 Å². The Morgan fingerprint density at radius 1 is 1.19 bits per heavy atom. The van der Waals surface area contributed by atoms with E-state index in [1.807, 2.05) is 11.4 Å². The molecule has 1 aromatic carbocycles. The molecule has 0 fully saturated rings. The van der Waals surface area contributed by atoms with E-state index in [9.17, 15) is 8.78 Å². The van der Waals surface area contributed by atoms with Gasteiger partial charge in [0.05, 0.1) is 15.5 Å². The lowest BCUT2D eigenvalue weighted by molar-refractivity contribution is 0.581. The van der Waals surface area contributed by atoms with Crippen molar-refractivity contribution in [1.82, 2.24) is 9.97 Å². The predicted octanol–water partition coefficient (Wildman–Crippen LogP) is 4.52. The third-order valence-corrected chi connectivity index (χ3v) is 4.23. The van der Waals surface area contributed by atoms with E-state index in [-0.39, 0.29) is 10.2 Å². The summed E-state index contributed by atoms with van der Waals surface area (Å²) in [6.45, 7) is 0. The molecule has 0 spiro atoms. The Hall–Kier alpha value is -1.80. The summed E-state index contributed by atoms with van der Waals surface area (Å²) >= 11 is 4.50. The Balaban J connectivity index is 2.09. The summed E-state index contributed by atoms with van der Waals surface area (Å²) in [6, 6.07) is 4.00. The fourth-order valence-corrected chi connectivity index (χ4v) is 2.92. The van der Waals surface area contributed by atoms with Crippen molar-refractivity contribution in [2.45, 2.75) is 0 Å². The summed E-state index contributed by atoms with van der Waals surface area (Å²) in [4.78, 5) is 9.36. The van der Waals surface area contributed by atoms with E-state index in [1.54, 1.807) is 7.05 Å². The van der Waals surface area contributed by atoms with Crippen molar-refractivity contribution in [2.24, 2.45) is 0 Å². The number of hydrogen-bond donors (Lipinski definition) is 2. The first-order chi connectivity index (χ1) is 10.1. The molecule has 8 heteroatoms. The summed E-state index contributed by atoms with van der Waals surface area (Å²) in [7, 11) is 1.70. The second-order valence-corrected chi connectivity index (χ2v) is 5.91. The average molecular weight is 371 g/mol. The molecule has 0 aliphatic rings. The van der Waals surface area contributed by atoms with Gasteiger partial charge in [0.1, 0.15) is 22.3 Å². The van der Waals surface area contributed by atoms with Crippen LogP contribution < -0.4 is 10.6 Å². The molecular weight excluding hydrogens is 362 g/mol. The molecule has 21 heavy (non-hydrogen) atoms. The standard InChI is InChI=1S/C13H9BrF2N4S/c1-17-13-19-11(6-2-3-21-12(6)20-13)18-10-4-7(14)8(15)5-9(10)16/h2-5H,1H3,(H2,17,18,19,20). The molecule has 2 aromatic heterocycles. The average Bonchev–Trinajstić information content (AvgIpc) is 2.93. The molecule has 0 saturated carbocycles. The number of anilines is 3. The van der Waals surface area contributed by atoms with Gasteiger partial charge in [-0.05, 0) is 33.4 Å². The highest BCUT2D eigenvalue weighted by Crippen LogP contribution is 2.31. The number of halogens is 3. The van der Waals surface area contributed by atoms with E-state index in [4.69, 9.17) is 0 Å². The van der Waals surface area contributed by atoms with Crippen LogP contribution in [0.2, 0.25) is 0 Å². The van der Waals surface area contributed by atoms with Gasteiger partial charge >= 0.3 is 0 Å². The van der Waals surface area contributed by atoms with E-state index >= 15 is 0 Å². The number of hydrogen-bond acceptors (Lipinski definition) is 5. The normalized spacial score (nSPS) is 10.9. The minimum atomic E-state index is -0.691. The van der Waals surface area contributed by atoms with Crippen molar-refractivity contribution in [1.29, 1.82) is 0 Å². The van der Waals surface area contributed by atoms with Crippen LogP contribution in [0.4, 0.5) is 26.2 Å². The highest BCUT2D eigenvalue weighted by molar-refractivity contribution is 9.10. The quantitative estimate of drug-likeness (QED) is 0.665. The second kappa shape index (κ2) is 5.53. The van der Waals surface area contributed by atoms with Gasteiger partial charge in [0, 0.05) is 13.1 Å². The van der Waals surface area contributed by atoms with Crippen molar-refractivity contribution >= 4 is 54.9 Å². The Morgan fingerprint density at radius 3 is 2.76 bits per heavy atom. The molecule has 0 aliphatic carbocycles. The van der Waals surface area contributed by atoms with Crippen LogP contribution in [-0.2, 0) is 0 Å². The maximum Gasteiger partial charge on any atom is 0.225 e. The fourth-order valence-electron chi connectivity index (χ4n) is 1.81. The van der Waals surface area contributed by atoms with Gasteiger partial charge in [0.25, 0.3) is 0 Å². The molecule has 0 saturated heterocycles. The van der Waals surface area contributed by atoms with E-state index < -0.39 is 11.6 Å². The molecule has 3 aromatic rings. The summed E-state index contributed by atoms with van der Waals surface area (Å²) in [5.74, 6) is -0.460. The van der Waals surface area contributed by atoms with Gasteiger partial charge < -0.3 is 10.6 Å². The van der Waals surface area contributed by atoms with Gasteiger partial charge in [0.15, 0.2) is 0 Å². The molecule has 0 amide bonds. The monoisotopic (exact) mass is 370 g/mol. The molecule has 108 valence electrons. The van der Waals surface area contributed by atoms with Crippen molar-refractivity contribution in [3.63, 3.8) is 0 Å². The Labute approximate surface area is 131 Å². The number of thiophene rings is 1. The van der Waals surface area contributed by atoms with Crippen LogP contribution in [0, 0.1) is 11.6 Å². The first-order valence-electron chi connectivity index (χ1n) is 5.93. The van der Waals surface area contributed by atoms with Crippen LogP contribution in [0.1, 0.15) is 0 Å². The van der Waals surface area contributed by atoms with Crippen molar-refractivity contribution in [3.05, 3.63) is 39.7 Å². The van der Waals surface area contributed by atoms with Crippen LogP contribution in [-0.4, -0.2) is 17.0 Å². The number of nitrogens with one attached hydrogen (secondary N) is 2. The zero-order chi connectivity index (χ0) is 15.0. The molecule has 0 unspecified atom stereocenters. The molecule has 0 atom stereocenters. The number of aromatic nitrogens is 2. The number of benzene rings is 1. The SMILES string of the molecule is CNc1nc(Nc2cc(Br)c(F)cc2F)c2ccsc2n1.